The molecule has 11 heteroatoms. The second-order valence-corrected chi connectivity index (χ2v) is 15.0. The molecule has 2 aliphatic rings. The van der Waals surface area contributed by atoms with Crippen molar-refractivity contribution in [1.29, 1.82) is 0 Å². The van der Waals surface area contributed by atoms with Gasteiger partial charge in [0.1, 0.15) is 5.75 Å². The van der Waals surface area contributed by atoms with Gasteiger partial charge in [0.05, 0.1) is 35.3 Å². The summed E-state index contributed by atoms with van der Waals surface area (Å²) in [5.41, 5.74) is 0.831. The lowest BCUT2D eigenvalue weighted by Gasteiger charge is -2.35. The van der Waals surface area contributed by atoms with Crippen LogP contribution in [0.3, 0.4) is 0 Å². The summed E-state index contributed by atoms with van der Waals surface area (Å²) in [5, 5.41) is 13.2. The highest BCUT2D eigenvalue weighted by Gasteiger charge is 2.32. The summed E-state index contributed by atoms with van der Waals surface area (Å²) in [4.78, 5) is 29.2. The molecule has 0 saturated heterocycles. The fourth-order valence-corrected chi connectivity index (χ4v) is 7.40. The van der Waals surface area contributed by atoms with E-state index in [1.165, 1.54) is 4.31 Å². The highest BCUT2D eigenvalue weighted by Crippen LogP contribution is 2.30. The van der Waals surface area contributed by atoms with Crippen LogP contribution in [-0.2, 0) is 19.6 Å². The van der Waals surface area contributed by atoms with E-state index in [2.05, 4.69) is 5.32 Å². The molecule has 2 aromatic carbocycles. The molecule has 10 nitrogen and oxygen atoms in total. The molecule has 2 aromatic rings. The number of amides is 2. The number of ether oxygens (including phenoxy) is 2. The van der Waals surface area contributed by atoms with E-state index in [4.69, 9.17) is 9.47 Å². The Morgan fingerprint density at radius 2 is 1.74 bits per heavy atom. The van der Waals surface area contributed by atoms with Crippen molar-refractivity contribution < 1.29 is 32.6 Å². The van der Waals surface area contributed by atoms with Crippen molar-refractivity contribution in [2.24, 2.45) is 11.8 Å². The van der Waals surface area contributed by atoms with Crippen molar-refractivity contribution in [3.8, 4) is 5.75 Å². The summed E-state index contributed by atoms with van der Waals surface area (Å²) in [6, 6.07) is 12.9. The number of hydrogen-bond acceptors (Lipinski definition) is 7. The summed E-state index contributed by atoms with van der Waals surface area (Å²) in [6.45, 7) is 6.14. The third kappa shape index (κ3) is 9.30. The van der Waals surface area contributed by atoms with Gasteiger partial charge in [-0.1, -0.05) is 44.4 Å². The summed E-state index contributed by atoms with van der Waals surface area (Å²) < 4.78 is 40.6. The van der Waals surface area contributed by atoms with E-state index in [0.717, 1.165) is 51.4 Å². The van der Waals surface area contributed by atoms with Crippen molar-refractivity contribution in [3.05, 3.63) is 54.1 Å². The molecule has 0 radical (unpaired) electrons. The molecule has 0 aromatic heterocycles. The number of fused-ring (bicyclic) bond motifs is 1. The number of rotatable bonds is 8. The van der Waals surface area contributed by atoms with E-state index >= 15 is 0 Å². The summed E-state index contributed by atoms with van der Waals surface area (Å²) in [7, 11) is -2.21. The maximum Gasteiger partial charge on any atom is 0.258 e. The summed E-state index contributed by atoms with van der Waals surface area (Å²) in [5.74, 6) is -0.278. The number of hydrogen-bond donors (Lipinski definition) is 2. The maximum absolute atomic E-state index is 14.3. The van der Waals surface area contributed by atoms with E-state index in [1.54, 1.807) is 67.4 Å². The van der Waals surface area contributed by atoms with Gasteiger partial charge in [0.15, 0.2) is 0 Å². The molecule has 1 heterocycles. The molecule has 1 fully saturated rings. The quantitative estimate of drug-likeness (QED) is 0.394. The van der Waals surface area contributed by atoms with Gasteiger partial charge in [-0.3, -0.25) is 9.59 Å². The number of aliphatic hydroxyl groups excluding tert-OH is 1. The summed E-state index contributed by atoms with van der Waals surface area (Å²) in [6.07, 6.45) is 6.58. The average molecular weight is 658 g/mol. The average Bonchev–Trinajstić information content (AvgIpc) is 3.06. The predicted octanol–water partition coefficient (Wildman–Crippen LogP) is 5.32. The van der Waals surface area contributed by atoms with Crippen LogP contribution in [0, 0.1) is 11.8 Å². The zero-order chi connectivity index (χ0) is 33.3. The first kappa shape index (κ1) is 35.9. The first-order valence-corrected chi connectivity index (χ1v) is 18.1. The normalized spacial score (nSPS) is 23.2. The Bertz CT molecular complexity index is 1400. The molecule has 1 aliphatic carbocycles. The van der Waals surface area contributed by atoms with Gasteiger partial charge < -0.3 is 24.8 Å². The Kier molecular flexibility index (Phi) is 13.0. The molecule has 0 spiro atoms. The Morgan fingerprint density at radius 3 is 2.43 bits per heavy atom. The van der Waals surface area contributed by atoms with Gasteiger partial charge in [0, 0.05) is 44.3 Å². The SMILES string of the molecule is C[C@@H]1CCCCO[C@H](CN(C)S(=O)(=O)c2ccccc2)[C@@H](C)CN([C@@H](C)CO)C(=O)c2cc(NC(=O)C3CCCCC3)ccc2O1. The van der Waals surface area contributed by atoms with E-state index in [0.29, 0.717) is 23.6 Å². The first-order chi connectivity index (χ1) is 22.0. The number of anilines is 1. The second kappa shape index (κ2) is 16.7. The molecule has 254 valence electrons. The van der Waals surface area contributed by atoms with Crippen LogP contribution in [-0.4, -0.2) is 86.1 Å². The van der Waals surface area contributed by atoms with E-state index in [-0.39, 0.29) is 54.3 Å². The number of benzene rings is 2. The topological polar surface area (TPSA) is 125 Å². The smallest absolute Gasteiger partial charge is 0.258 e. The number of likely N-dealkylation sites (N-methyl/N-ethyl adjacent to an activating group) is 1. The van der Waals surface area contributed by atoms with Crippen molar-refractivity contribution in [3.63, 3.8) is 0 Å². The summed E-state index contributed by atoms with van der Waals surface area (Å²) >= 11 is 0. The minimum atomic E-state index is -3.76. The minimum absolute atomic E-state index is 0.0361. The van der Waals surface area contributed by atoms with Crippen LogP contribution in [0.25, 0.3) is 0 Å². The van der Waals surface area contributed by atoms with Crippen LogP contribution >= 0.6 is 0 Å². The fourth-order valence-electron chi connectivity index (χ4n) is 6.20. The number of sulfonamides is 1. The third-order valence-corrected chi connectivity index (χ3v) is 11.0. The van der Waals surface area contributed by atoms with Crippen LogP contribution < -0.4 is 10.1 Å². The monoisotopic (exact) mass is 657 g/mol. The molecular weight excluding hydrogens is 606 g/mol. The molecule has 2 amide bonds. The van der Waals surface area contributed by atoms with Gasteiger partial charge in [0.25, 0.3) is 5.91 Å². The number of carbonyl (C=O) groups is 2. The zero-order valence-corrected chi connectivity index (χ0v) is 28.5. The van der Waals surface area contributed by atoms with E-state index in [1.807, 2.05) is 13.8 Å². The van der Waals surface area contributed by atoms with E-state index < -0.39 is 22.2 Å². The largest absolute Gasteiger partial charge is 0.490 e. The van der Waals surface area contributed by atoms with Gasteiger partial charge in [-0.25, -0.2) is 8.42 Å². The third-order valence-electron chi connectivity index (χ3n) is 9.18. The lowest BCUT2D eigenvalue weighted by Crippen LogP contribution is -2.48. The first-order valence-electron chi connectivity index (χ1n) is 16.7. The minimum Gasteiger partial charge on any atom is -0.490 e. The molecule has 0 bridgehead atoms. The number of nitrogens with one attached hydrogen (secondary N) is 1. The van der Waals surface area contributed by atoms with Gasteiger partial charge in [-0.05, 0) is 76.3 Å². The van der Waals surface area contributed by atoms with Gasteiger partial charge >= 0.3 is 0 Å². The van der Waals surface area contributed by atoms with Crippen molar-refractivity contribution in [1.82, 2.24) is 9.21 Å². The predicted molar refractivity (Wildman–Crippen MR) is 178 cm³/mol. The van der Waals surface area contributed by atoms with Crippen molar-refractivity contribution in [2.45, 2.75) is 95.3 Å². The number of carbonyl (C=O) groups excluding carboxylic acids is 2. The molecule has 1 aliphatic heterocycles. The highest BCUT2D eigenvalue weighted by atomic mass is 32.2. The Labute approximate surface area is 274 Å². The van der Waals surface area contributed by atoms with Crippen LogP contribution in [0.15, 0.2) is 53.4 Å². The fraction of sp³-hybridized carbons (Fsp3) is 0.600. The van der Waals surface area contributed by atoms with Crippen molar-refractivity contribution >= 4 is 27.5 Å². The van der Waals surface area contributed by atoms with Crippen LogP contribution in [0.1, 0.15) is 82.5 Å². The Balaban J connectivity index is 1.63. The zero-order valence-electron chi connectivity index (χ0n) is 27.7. The van der Waals surface area contributed by atoms with Crippen LogP contribution in [0.4, 0.5) is 5.69 Å². The number of aliphatic hydroxyl groups is 1. The lowest BCUT2D eigenvalue weighted by molar-refractivity contribution is -0.120. The molecule has 4 atom stereocenters. The van der Waals surface area contributed by atoms with Gasteiger partial charge in [0.2, 0.25) is 15.9 Å². The molecule has 2 N–H and O–H groups in total. The van der Waals surface area contributed by atoms with Crippen LogP contribution in [0.5, 0.6) is 5.75 Å². The molecule has 4 rings (SSSR count). The molecule has 46 heavy (non-hydrogen) atoms. The number of nitrogens with zero attached hydrogens (tertiary/aromatic N) is 2. The van der Waals surface area contributed by atoms with Crippen LogP contribution in [0.2, 0.25) is 0 Å². The maximum atomic E-state index is 14.3. The Morgan fingerprint density at radius 1 is 1.04 bits per heavy atom. The Hall–Kier alpha value is -2.99. The molecular formula is C35H51N3O7S. The second-order valence-electron chi connectivity index (χ2n) is 12.9. The standard InChI is InChI=1S/C35H51N3O7S/c1-25-22-38(26(2)24-39)35(41)31-21-29(36-34(40)28-14-7-5-8-15-28)18-19-32(31)45-27(3)13-11-12-20-44-33(25)23-37(4)46(42,43)30-16-9-6-10-17-30/h6,9-10,16-19,21,25-28,33,39H,5,7-8,11-15,20,22-24H2,1-4H3,(H,36,40)/t25-,26-,27+,33+/m0/s1. The molecule has 1 saturated carbocycles. The van der Waals surface area contributed by atoms with Gasteiger partial charge in [-0.15, -0.1) is 0 Å². The van der Waals surface area contributed by atoms with Crippen molar-refractivity contribution in [2.75, 3.05) is 38.7 Å². The lowest BCUT2D eigenvalue weighted by atomic mass is 9.88. The van der Waals surface area contributed by atoms with E-state index in [9.17, 15) is 23.1 Å². The molecule has 0 unspecified atom stereocenters. The highest BCUT2D eigenvalue weighted by molar-refractivity contribution is 7.89. The van der Waals surface area contributed by atoms with Gasteiger partial charge in [-0.2, -0.15) is 4.31 Å².